The van der Waals surface area contributed by atoms with Crippen LogP contribution < -0.4 is 15.1 Å². The molecule has 5 atom stereocenters. The number of aromatic nitrogens is 7. The fourth-order valence-electron chi connectivity index (χ4n) is 10.2. The van der Waals surface area contributed by atoms with Crippen molar-refractivity contribution in [1.82, 2.24) is 44.1 Å². The molecule has 61 heavy (non-hydrogen) atoms. The van der Waals surface area contributed by atoms with Crippen molar-refractivity contribution in [1.29, 1.82) is 0 Å². The average Bonchev–Trinajstić information content (AvgIpc) is 3.84. The third kappa shape index (κ3) is 5.92. The van der Waals surface area contributed by atoms with Gasteiger partial charge in [0.25, 0.3) is 0 Å². The maximum Gasteiger partial charge on any atom is 0.245 e. The van der Waals surface area contributed by atoms with Gasteiger partial charge in [0, 0.05) is 62.6 Å². The number of imidazole rings is 1. The number of pyridine rings is 1. The summed E-state index contributed by atoms with van der Waals surface area (Å²) in [5, 5.41) is 8.62. The molecule has 13 rings (SSSR count). The first kappa shape index (κ1) is 36.5. The van der Waals surface area contributed by atoms with Crippen molar-refractivity contribution in [3.63, 3.8) is 0 Å². The fourth-order valence-corrected chi connectivity index (χ4v) is 10.2. The summed E-state index contributed by atoms with van der Waals surface area (Å²) in [6.45, 7) is 4.38. The van der Waals surface area contributed by atoms with Gasteiger partial charge in [-0.3, -0.25) is 9.59 Å². The van der Waals surface area contributed by atoms with Gasteiger partial charge in [0.1, 0.15) is 46.9 Å². The lowest BCUT2D eigenvalue weighted by Crippen LogP contribution is -2.72. The van der Waals surface area contributed by atoms with Crippen molar-refractivity contribution in [3.05, 3.63) is 78.0 Å². The van der Waals surface area contributed by atoms with Gasteiger partial charge in [0.05, 0.1) is 47.0 Å². The highest BCUT2D eigenvalue weighted by molar-refractivity contribution is 5.96. The Morgan fingerprint density at radius 1 is 0.836 bits per heavy atom. The predicted molar refractivity (Wildman–Crippen MR) is 218 cm³/mol. The average molecular weight is 831 g/mol. The fraction of sp³-hybridized carbons (Fsp3) is 0.419. The number of carbonyl (C=O) groups excluding carboxylic acids is 2. The molecule has 6 fully saturated rings. The van der Waals surface area contributed by atoms with Crippen LogP contribution in [0.3, 0.4) is 0 Å². The zero-order valence-electron chi connectivity index (χ0n) is 33.2. The Bertz CT molecular complexity index is 2810. The molecule has 1 saturated carbocycles. The minimum Gasteiger partial charge on any atom is -0.374 e. The molecule has 1 unspecified atom stereocenters. The number of piperazine rings is 1. The van der Waals surface area contributed by atoms with Crippen LogP contribution >= 0.6 is 0 Å². The van der Waals surface area contributed by atoms with E-state index >= 15 is 13.6 Å². The van der Waals surface area contributed by atoms with E-state index in [1.165, 1.54) is 22.9 Å². The number of amides is 2. The predicted octanol–water partition coefficient (Wildman–Crippen LogP) is 4.60. The van der Waals surface area contributed by atoms with Crippen LogP contribution in [0.5, 0.6) is 0 Å². The van der Waals surface area contributed by atoms with Crippen LogP contribution in [0.4, 0.5) is 30.8 Å². The first-order valence-corrected chi connectivity index (χ1v) is 21.0. The van der Waals surface area contributed by atoms with E-state index in [-0.39, 0.29) is 47.2 Å². The van der Waals surface area contributed by atoms with Crippen LogP contribution in [0.1, 0.15) is 37.9 Å². The van der Waals surface area contributed by atoms with Crippen molar-refractivity contribution in [2.24, 2.45) is 0 Å². The lowest BCUT2D eigenvalue weighted by molar-refractivity contribution is -0.140. The second-order valence-corrected chi connectivity index (χ2v) is 17.1. The summed E-state index contributed by atoms with van der Waals surface area (Å²) in [6, 6.07) is 10.6. The van der Waals surface area contributed by atoms with E-state index in [0.717, 1.165) is 30.5 Å². The standard InChI is InChI=1S/C43H41F3N12O3/c1-22-48-33-14-24(45)12-29-32-4-2-5-37(50-32)49-25-15-35(41(59)53-10-3-11-61-28(20-53)21-54(22)38(29)33)56(18-25)39-30-17-47-58(34-9-6-23(44)13-31(34)46)40(30)52-43(51-39)57-27-16-36(57)42(60)55(19-27)26-7-8-26/h2,4-6,9,12-14,17,25-28,35-36H,3,7-8,10-11,15-16,18-21H2,1H3,(H,49,50)/t25-,27+,28+,35-,36?/m0/s1. The number of rotatable bonds is 4. The molecule has 0 radical (unpaired) electrons. The highest BCUT2D eigenvalue weighted by Crippen LogP contribution is 2.43. The Balaban J connectivity index is 0.993. The minimum atomic E-state index is -0.820. The van der Waals surface area contributed by atoms with E-state index < -0.39 is 35.6 Å². The zero-order valence-corrected chi connectivity index (χ0v) is 33.2. The van der Waals surface area contributed by atoms with Gasteiger partial charge < -0.3 is 34.2 Å². The quantitative estimate of drug-likeness (QED) is 0.267. The van der Waals surface area contributed by atoms with E-state index in [1.807, 2.05) is 49.3 Å². The number of benzene rings is 2. The normalized spacial score (nSPS) is 25.1. The molecule has 4 aromatic heterocycles. The van der Waals surface area contributed by atoms with Crippen molar-refractivity contribution in [3.8, 4) is 16.9 Å². The molecule has 312 valence electrons. The number of nitrogens with zero attached hydrogens (tertiary/aromatic N) is 11. The molecular weight excluding hydrogens is 790 g/mol. The summed E-state index contributed by atoms with van der Waals surface area (Å²) in [5.41, 5.74) is 2.68. The van der Waals surface area contributed by atoms with Crippen molar-refractivity contribution in [2.45, 2.75) is 81.9 Å². The lowest BCUT2D eigenvalue weighted by atomic mass is 9.87. The number of piperidine rings is 1. The van der Waals surface area contributed by atoms with Gasteiger partial charge in [-0.05, 0) is 69.4 Å². The monoisotopic (exact) mass is 830 g/mol. The van der Waals surface area contributed by atoms with Crippen LogP contribution in [-0.2, 0) is 20.9 Å². The Labute approximate surface area is 347 Å². The molecule has 1 N–H and O–H groups in total. The first-order valence-electron chi connectivity index (χ1n) is 21.0. The summed E-state index contributed by atoms with van der Waals surface area (Å²) in [6.07, 6.45) is 4.85. The summed E-state index contributed by atoms with van der Waals surface area (Å²) >= 11 is 0. The van der Waals surface area contributed by atoms with Gasteiger partial charge in [0.2, 0.25) is 17.8 Å². The van der Waals surface area contributed by atoms with Gasteiger partial charge in [-0.2, -0.15) is 15.1 Å². The van der Waals surface area contributed by atoms with E-state index in [4.69, 9.17) is 24.7 Å². The molecule has 6 aliphatic heterocycles. The number of aryl methyl sites for hydroxylation is 1. The Hall–Kier alpha value is -6.30. The number of hydrogen-bond donors (Lipinski definition) is 1. The van der Waals surface area contributed by atoms with Crippen LogP contribution in [-0.4, -0.2) is 125 Å². The van der Waals surface area contributed by atoms with Crippen LogP contribution in [0.15, 0.2) is 54.7 Å². The number of nitrogens with one attached hydrogen (secondary N) is 1. The van der Waals surface area contributed by atoms with Crippen LogP contribution in [0.2, 0.25) is 0 Å². The minimum absolute atomic E-state index is 0.00440. The van der Waals surface area contributed by atoms with Crippen LogP contribution in [0.25, 0.3) is 39.0 Å². The second kappa shape index (κ2) is 13.6. The summed E-state index contributed by atoms with van der Waals surface area (Å²) in [5.74, 6) is -0.0913. The molecule has 0 spiro atoms. The van der Waals surface area contributed by atoms with Gasteiger partial charge in [-0.15, -0.1) is 0 Å². The molecule has 2 aromatic carbocycles. The van der Waals surface area contributed by atoms with Gasteiger partial charge in [-0.25, -0.2) is 27.8 Å². The first-order chi connectivity index (χ1) is 29.6. The number of ether oxygens (including phenoxy) is 1. The third-order valence-electron chi connectivity index (χ3n) is 13.2. The van der Waals surface area contributed by atoms with Crippen molar-refractivity contribution in [2.75, 3.05) is 47.9 Å². The topological polar surface area (TPSA) is 143 Å². The summed E-state index contributed by atoms with van der Waals surface area (Å²) < 4.78 is 54.6. The van der Waals surface area contributed by atoms with E-state index in [1.54, 1.807) is 6.20 Å². The molecule has 5 saturated heterocycles. The zero-order chi connectivity index (χ0) is 41.3. The molecule has 18 heteroatoms. The lowest BCUT2D eigenvalue weighted by Gasteiger charge is -2.55. The van der Waals surface area contributed by atoms with E-state index in [2.05, 4.69) is 10.4 Å². The third-order valence-corrected chi connectivity index (χ3v) is 13.2. The SMILES string of the molecule is Cc1nc2cc(F)cc3c2n1C[C@H]1CN(CCCO1)C(=O)[C@@H]1C[C@@H](CN1c1nc(N2C4C[C@@H]2CN(C2CC2)C4=O)nc2c1cnn2-c1ccc(F)cc1F)Nc1cccc-3n1. The molecule has 10 heterocycles. The molecule has 1 aliphatic carbocycles. The number of hydrogen-bond acceptors (Lipinski definition) is 11. The Morgan fingerprint density at radius 3 is 2.56 bits per heavy atom. The molecular formula is C43H41F3N12O3. The highest BCUT2D eigenvalue weighted by Gasteiger charge is 2.55. The Kier molecular flexibility index (Phi) is 8.15. The molecule has 2 amide bonds. The molecule has 6 aromatic rings. The second-order valence-electron chi connectivity index (χ2n) is 17.1. The van der Waals surface area contributed by atoms with Gasteiger partial charge in [0.15, 0.2) is 11.5 Å². The van der Waals surface area contributed by atoms with Gasteiger partial charge >= 0.3 is 0 Å². The van der Waals surface area contributed by atoms with E-state index in [0.29, 0.717) is 98.2 Å². The highest BCUT2D eigenvalue weighted by atomic mass is 19.1. The largest absolute Gasteiger partial charge is 0.374 e. The molecule has 7 aliphatic rings. The summed E-state index contributed by atoms with van der Waals surface area (Å²) in [7, 11) is 0. The van der Waals surface area contributed by atoms with Crippen molar-refractivity contribution < 1.29 is 27.5 Å². The number of fused-ring (bicyclic) bond motifs is 10. The smallest absolute Gasteiger partial charge is 0.245 e. The maximum absolute atomic E-state index is 15.5. The molecule has 8 bridgehead atoms. The van der Waals surface area contributed by atoms with Gasteiger partial charge in [-0.1, -0.05) is 6.07 Å². The number of carbonyl (C=O) groups is 2. The summed E-state index contributed by atoms with van der Waals surface area (Å²) in [4.78, 5) is 56.6. The van der Waals surface area contributed by atoms with Crippen molar-refractivity contribution >= 4 is 51.5 Å². The number of anilines is 3. The Morgan fingerprint density at radius 2 is 1.72 bits per heavy atom. The number of halogens is 3. The van der Waals surface area contributed by atoms with Crippen LogP contribution in [0, 0.1) is 24.4 Å². The molecule has 15 nitrogen and oxygen atoms in total. The van der Waals surface area contributed by atoms with E-state index in [9.17, 15) is 9.18 Å². The maximum atomic E-state index is 15.5.